The van der Waals surface area contributed by atoms with Crippen molar-refractivity contribution in [2.24, 2.45) is 5.41 Å². The van der Waals surface area contributed by atoms with E-state index in [4.69, 9.17) is 0 Å². The van der Waals surface area contributed by atoms with Gasteiger partial charge < -0.3 is 5.11 Å². The Morgan fingerprint density at radius 2 is 1.54 bits per heavy atom. The van der Waals surface area contributed by atoms with Gasteiger partial charge in [-0.25, -0.2) is 0 Å². The third-order valence-corrected chi connectivity index (χ3v) is 3.43. The highest BCUT2D eigenvalue weighted by molar-refractivity contribution is 4.83. The van der Waals surface area contributed by atoms with Crippen LogP contribution in [0.15, 0.2) is 0 Å². The van der Waals surface area contributed by atoms with Gasteiger partial charge in [-0.2, -0.15) is 0 Å². The quantitative estimate of drug-likeness (QED) is 0.642. The maximum Gasteiger partial charge on any atom is 0.0596 e. The molecule has 0 fully saturated rings. The summed E-state index contributed by atoms with van der Waals surface area (Å²) in [5.74, 6) is 0. The van der Waals surface area contributed by atoms with Crippen LogP contribution in [0.1, 0.15) is 66.2 Å². The molecule has 0 heterocycles. The normalized spacial score (nSPS) is 14.5. The van der Waals surface area contributed by atoms with E-state index in [9.17, 15) is 5.11 Å². The minimum absolute atomic E-state index is 0.0903. The van der Waals surface area contributed by atoms with E-state index in [1.165, 1.54) is 12.8 Å². The molecule has 80 valence electrons. The molecule has 1 unspecified atom stereocenters. The number of hydrogen-bond donors (Lipinski definition) is 1. The van der Waals surface area contributed by atoms with Gasteiger partial charge in [-0.05, 0) is 31.1 Å². The summed E-state index contributed by atoms with van der Waals surface area (Å²) in [7, 11) is 0. The predicted octanol–water partition coefficient (Wildman–Crippen LogP) is 3.75. The summed E-state index contributed by atoms with van der Waals surface area (Å²) in [6.07, 6.45) is 6.53. The lowest BCUT2D eigenvalue weighted by Crippen LogP contribution is -2.34. The highest BCUT2D eigenvalue weighted by Crippen LogP contribution is 2.37. The zero-order valence-corrected chi connectivity index (χ0v) is 9.77. The molecule has 0 aliphatic heterocycles. The fourth-order valence-corrected chi connectivity index (χ4v) is 2.32. The van der Waals surface area contributed by atoms with Gasteiger partial charge in [0, 0.05) is 0 Å². The van der Waals surface area contributed by atoms with Crippen LogP contribution in [0, 0.1) is 5.41 Å². The summed E-state index contributed by atoms with van der Waals surface area (Å²) in [4.78, 5) is 0. The zero-order valence-electron chi connectivity index (χ0n) is 9.77. The third-order valence-electron chi connectivity index (χ3n) is 3.43. The molecule has 1 N–H and O–H groups in total. The van der Waals surface area contributed by atoms with Gasteiger partial charge in [0.2, 0.25) is 0 Å². The monoisotopic (exact) mass is 186 g/mol. The molecule has 0 aliphatic carbocycles. The molecule has 0 spiro atoms. The first-order chi connectivity index (χ1) is 6.16. The van der Waals surface area contributed by atoms with Crippen molar-refractivity contribution in [1.82, 2.24) is 0 Å². The summed E-state index contributed by atoms with van der Waals surface area (Å²) < 4.78 is 0. The van der Waals surface area contributed by atoms with Crippen LogP contribution in [-0.4, -0.2) is 11.2 Å². The van der Waals surface area contributed by atoms with Crippen LogP contribution >= 0.6 is 0 Å². The van der Waals surface area contributed by atoms with Gasteiger partial charge >= 0.3 is 0 Å². The maximum atomic E-state index is 10.1. The fourth-order valence-electron chi connectivity index (χ4n) is 2.32. The molecule has 0 radical (unpaired) electrons. The Hall–Kier alpha value is -0.0400. The van der Waals surface area contributed by atoms with E-state index < -0.39 is 0 Å². The van der Waals surface area contributed by atoms with Crippen LogP contribution < -0.4 is 0 Å². The van der Waals surface area contributed by atoms with E-state index in [1.54, 1.807) is 0 Å². The lowest BCUT2D eigenvalue weighted by atomic mass is 9.72. The molecular formula is C12H26O. The van der Waals surface area contributed by atoms with Gasteiger partial charge in [0.25, 0.3) is 0 Å². The van der Waals surface area contributed by atoms with Crippen LogP contribution in [0.4, 0.5) is 0 Å². The van der Waals surface area contributed by atoms with Crippen LogP contribution in [0.5, 0.6) is 0 Å². The van der Waals surface area contributed by atoms with Crippen molar-refractivity contribution < 1.29 is 5.11 Å². The Kier molecular flexibility index (Phi) is 6.40. The van der Waals surface area contributed by atoms with E-state index in [-0.39, 0.29) is 11.5 Å². The largest absolute Gasteiger partial charge is 0.393 e. The summed E-state index contributed by atoms with van der Waals surface area (Å²) in [5, 5.41) is 10.1. The molecule has 0 amide bonds. The lowest BCUT2D eigenvalue weighted by molar-refractivity contribution is 0.00383. The van der Waals surface area contributed by atoms with Gasteiger partial charge in [-0.1, -0.05) is 40.5 Å². The van der Waals surface area contributed by atoms with Gasteiger partial charge in [0.15, 0.2) is 0 Å². The van der Waals surface area contributed by atoms with Crippen molar-refractivity contribution in [3.63, 3.8) is 0 Å². The van der Waals surface area contributed by atoms with Crippen molar-refractivity contribution in [2.75, 3.05) is 0 Å². The van der Waals surface area contributed by atoms with Gasteiger partial charge in [-0.3, -0.25) is 0 Å². The maximum absolute atomic E-state index is 10.1. The fraction of sp³-hybridized carbons (Fsp3) is 1.00. The number of hydrogen-bond acceptors (Lipinski definition) is 1. The molecule has 1 atom stereocenters. The summed E-state index contributed by atoms with van der Waals surface area (Å²) in [5.41, 5.74) is 0.199. The van der Waals surface area contributed by atoms with Crippen LogP contribution in [-0.2, 0) is 0 Å². The van der Waals surface area contributed by atoms with Crippen molar-refractivity contribution in [3.8, 4) is 0 Å². The Balaban J connectivity index is 4.33. The SMILES string of the molecule is CCCC(O)C(CC)(CC)CCC. The summed E-state index contributed by atoms with van der Waals surface area (Å²) in [6, 6.07) is 0. The third kappa shape index (κ3) is 3.30. The first-order valence-corrected chi connectivity index (χ1v) is 5.84. The van der Waals surface area contributed by atoms with Crippen molar-refractivity contribution in [1.29, 1.82) is 0 Å². The van der Waals surface area contributed by atoms with Crippen LogP contribution in [0.25, 0.3) is 0 Å². The molecule has 0 rings (SSSR count). The minimum Gasteiger partial charge on any atom is -0.393 e. The number of aliphatic hydroxyl groups is 1. The van der Waals surface area contributed by atoms with Crippen molar-refractivity contribution in [3.05, 3.63) is 0 Å². The number of rotatable bonds is 7. The lowest BCUT2D eigenvalue weighted by Gasteiger charge is -2.36. The average Bonchev–Trinajstić information content (AvgIpc) is 2.14. The Morgan fingerprint density at radius 1 is 1.00 bits per heavy atom. The average molecular weight is 186 g/mol. The Bertz CT molecular complexity index is 116. The molecule has 0 bridgehead atoms. The second-order valence-electron chi connectivity index (χ2n) is 4.12. The van der Waals surface area contributed by atoms with E-state index in [1.807, 2.05) is 0 Å². The molecule has 13 heavy (non-hydrogen) atoms. The van der Waals surface area contributed by atoms with Crippen molar-refractivity contribution in [2.45, 2.75) is 72.3 Å². The first-order valence-electron chi connectivity index (χ1n) is 5.84. The van der Waals surface area contributed by atoms with Gasteiger partial charge in [0.1, 0.15) is 0 Å². The van der Waals surface area contributed by atoms with E-state index in [0.717, 1.165) is 25.7 Å². The minimum atomic E-state index is -0.0903. The van der Waals surface area contributed by atoms with E-state index in [0.29, 0.717) is 0 Å². The first kappa shape index (κ1) is 13.0. The standard InChI is InChI=1S/C12H26O/c1-5-9-11(13)12(7-3,8-4)10-6-2/h11,13H,5-10H2,1-4H3. The summed E-state index contributed by atoms with van der Waals surface area (Å²) in [6.45, 7) is 8.76. The highest BCUT2D eigenvalue weighted by atomic mass is 16.3. The topological polar surface area (TPSA) is 20.2 Å². The second-order valence-corrected chi connectivity index (χ2v) is 4.12. The highest BCUT2D eigenvalue weighted by Gasteiger charge is 2.32. The number of aliphatic hydroxyl groups excluding tert-OH is 1. The van der Waals surface area contributed by atoms with Crippen LogP contribution in [0.3, 0.4) is 0 Å². The molecule has 1 nitrogen and oxygen atoms in total. The molecule has 0 saturated carbocycles. The Morgan fingerprint density at radius 3 is 1.85 bits per heavy atom. The summed E-state index contributed by atoms with van der Waals surface area (Å²) >= 11 is 0. The van der Waals surface area contributed by atoms with E-state index >= 15 is 0 Å². The molecule has 1 heteroatoms. The van der Waals surface area contributed by atoms with Gasteiger partial charge in [0.05, 0.1) is 6.10 Å². The van der Waals surface area contributed by atoms with Crippen molar-refractivity contribution >= 4 is 0 Å². The van der Waals surface area contributed by atoms with Crippen LogP contribution in [0.2, 0.25) is 0 Å². The zero-order chi connectivity index (χ0) is 10.3. The molecule has 0 aliphatic rings. The molecular weight excluding hydrogens is 160 g/mol. The predicted molar refractivity (Wildman–Crippen MR) is 58.8 cm³/mol. The van der Waals surface area contributed by atoms with E-state index in [2.05, 4.69) is 27.7 Å². The molecule has 0 aromatic carbocycles. The smallest absolute Gasteiger partial charge is 0.0596 e. The molecule has 0 aromatic rings. The van der Waals surface area contributed by atoms with Gasteiger partial charge in [-0.15, -0.1) is 0 Å². The molecule has 0 saturated heterocycles. The second kappa shape index (κ2) is 6.42. The molecule has 0 aromatic heterocycles. The Labute approximate surface area is 83.5 Å².